The van der Waals surface area contributed by atoms with Crippen LogP contribution in [0.3, 0.4) is 0 Å². The van der Waals surface area contributed by atoms with Crippen molar-refractivity contribution < 1.29 is 14.2 Å². The summed E-state index contributed by atoms with van der Waals surface area (Å²) in [6, 6.07) is 31.2. The van der Waals surface area contributed by atoms with E-state index in [0.29, 0.717) is 13.2 Å². The van der Waals surface area contributed by atoms with Crippen molar-refractivity contribution in [3.05, 3.63) is 125 Å². The molecule has 4 rings (SSSR count). The largest absolute Gasteiger partial charge is 0.487 e. The maximum Gasteiger partial charge on any atom is 0.143 e. The minimum atomic E-state index is -0.754. The van der Waals surface area contributed by atoms with Crippen LogP contribution in [0.5, 0.6) is 0 Å². The molecule has 164 valence electrons. The van der Waals surface area contributed by atoms with Crippen LogP contribution in [0, 0.1) is 0 Å². The van der Waals surface area contributed by atoms with E-state index in [0.717, 1.165) is 28.7 Å². The maximum absolute atomic E-state index is 6.89. The van der Waals surface area contributed by atoms with E-state index in [-0.39, 0.29) is 12.2 Å². The fraction of sp³-hybridized carbons (Fsp3) is 0.276. The minimum absolute atomic E-state index is 0.0538. The molecule has 3 nitrogen and oxygen atoms in total. The molecule has 0 spiro atoms. The molecular formula is C29H30O3. The van der Waals surface area contributed by atoms with Crippen LogP contribution in [0.25, 0.3) is 0 Å². The molecule has 0 bridgehead atoms. The third-order valence-electron chi connectivity index (χ3n) is 5.74. The summed E-state index contributed by atoms with van der Waals surface area (Å²) in [6.45, 7) is 5.07. The van der Waals surface area contributed by atoms with Crippen molar-refractivity contribution in [1.29, 1.82) is 0 Å². The van der Waals surface area contributed by atoms with Crippen LogP contribution < -0.4 is 0 Å². The van der Waals surface area contributed by atoms with Gasteiger partial charge in [0.1, 0.15) is 24.1 Å². The molecule has 3 aromatic rings. The lowest BCUT2D eigenvalue weighted by Crippen LogP contribution is -2.38. The predicted octanol–water partition coefficient (Wildman–Crippen LogP) is 6.25. The fourth-order valence-corrected chi connectivity index (χ4v) is 4.15. The van der Waals surface area contributed by atoms with Gasteiger partial charge in [-0.05, 0) is 36.1 Å². The molecule has 1 heterocycles. The van der Waals surface area contributed by atoms with Crippen LogP contribution in [-0.2, 0) is 19.8 Å². The average molecular weight is 427 g/mol. The summed E-state index contributed by atoms with van der Waals surface area (Å²) in [7, 11) is 0. The van der Waals surface area contributed by atoms with Gasteiger partial charge in [-0.2, -0.15) is 0 Å². The van der Waals surface area contributed by atoms with Gasteiger partial charge in [0, 0.05) is 6.42 Å². The Hall–Kier alpha value is -3.10. The third-order valence-corrected chi connectivity index (χ3v) is 5.74. The molecule has 3 heteroatoms. The van der Waals surface area contributed by atoms with Crippen molar-refractivity contribution in [3.8, 4) is 0 Å². The summed E-state index contributed by atoms with van der Waals surface area (Å²) >= 11 is 0. The van der Waals surface area contributed by atoms with Gasteiger partial charge in [-0.15, -0.1) is 0 Å². The zero-order valence-corrected chi connectivity index (χ0v) is 18.7. The van der Waals surface area contributed by atoms with Crippen molar-refractivity contribution in [2.75, 3.05) is 13.2 Å². The number of hydrogen-bond donors (Lipinski definition) is 0. The highest BCUT2D eigenvalue weighted by atomic mass is 16.6. The highest BCUT2D eigenvalue weighted by Crippen LogP contribution is 2.41. The van der Waals surface area contributed by atoms with Crippen LogP contribution >= 0.6 is 0 Å². The summed E-state index contributed by atoms with van der Waals surface area (Å²) in [5.41, 5.74) is 6.68. The van der Waals surface area contributed by atoms with Crippen molar-refractivity contribution in [2.24, 2.45) is 0 Å². The molecule has 1 saturated heterocycles. The lowest BCUT2D eigenvalue weighted by atomic mass is 9.80. The second-order valence-corrected chi connectivity index (χ2v) is 8.22. The molecule has 0 saturated carbocycles. The molecular weight excluding hydrogens is 396 g/mol. The average Bonchev–Trinajstić information content (AvgIpc) is 3.29. The van der Waals surface area contributed by atoms with E-state index in [1.807, 2.05) is 32.0 Å². The van der Waals surface area contributed by atoms with Gasteiger partial charge in [-0.25, -0.2) is 0 Å². The van der Waals surface area contributed by atoms with Gasteiger partial charge in [0.05, 0.1) is 13.2 Å². The van der Waals surface area contributed by atoms with E-state index < -0.39 is 5.60 Å². The Morgan fingerprint density at radius 3 is 1.84 bits per heavy atom. The Morgan fingerprint density at radius 2 is 1.38 bits per heavy atom. The van der Waals surface area contributed by atoms with Gasteiger partial charge >= 0.3 is 0 Å². The molecule has 1 aliphatic rings. The summed E-state index contributed by atoms with van der Waals surface area (Å²) in [5.74, 6) is 0. The fourth-order valence-electron chi connectivity index (χ4n) is 4.15. The quantitative estimate of drug-likeness (QED) is 0.242. The number of benzene rings is 3. The normalized spacial score (nSPS) is 18.1. The molecule has 0 amide bonds. The zero-order chi connectivity index (χ0) is 22.2. The molecule has 1 aliphatic heterocycles. The van der Waals surface area contributed by atoms with Crippen molar-refractivity contribution >= 4 is 0 Å². The third kappa shape index (κ3) is 4.87. The van der Waals surface area contributed by atoms with Gasteiger partial charge in [0.2, 0.25) is 0 Å². The number of allylic oxidation sites excluding steroid dienone is 1. The summed E-state index contributed by atoms with van der Waals surface area (Å²) in [6.07, 6.45) is 2.28. The Kier molecular flexibility index (Phi) is 7.24. The Morgan fingerprint density at radius 1 is 0.875 bits per heavy atom. The van der Waals surface area contributed by atoms with Gasteiger partial charge in [-0.1, -0.05) is 96.7 Å². The topological polar surface area (TPSA) is 27.7 Å². The van der Waals surface area contributed by atoms with E-state index in [1.165, 1.54) is 0 Å². The Balaban J connectivity index is 1.71. The summed E-state index contributed by atoms with van der Waals surface area (Å²) in [4.78, 5) is 0. The highest BCUT2D eigenvalue weighted by Gasteiger charge is 2.40. The van der Waals surface area contributed by atoms with Crippen LogP contribution in [-0.4, -0.2) is 25.4 Å². The Labute approximate surface area is 191 Å². The maximum atomic E-state index is 6.89. The number of rotatable bonds is 8. The second-order valence-electron chi connectivity index (χ2n) is 8.22. The van der Waals surface area contributed by atoms with Crippen LogP contribution in [0.2, 0.25) is 0 Å². The molecule has 0 aliphatic carbocycles. The first-order chi connectivity index (χ1) is 15.7. The lowest BCUT2D eigenvalue weighted by Gasteiger charge is -2.37. The standard InChI is InChI=1S/C29H30O3/c1-23(2)18-20-30-27-19-21-31-28(27)22-32-29(24-12-6-3-7-13-24,25-14-8-4-9-15-25)26-16-10-5-11-17-26/h3-17,20,27-28H,19,21-22H2,1-2H3/t27-,28-/m1/s1. The van der Waals surface area contributed by atoms with Crippen molar-refractivity contribution in [3.63, 3.8) is 0 Å². The van der Waals surface area contributed by atoms with E-state index in [4.69, 9.17) is 14.2 Å². The second kappa shape index (κ2) is 10.5. The van der Waals surface area contributed by atoms with E-state index in [9.17, 15) is 0 Å². The van der Waals surface area contributed by atoms with Crippen molar-refractivity contribution in [1.82, 2.24) is 0 Å². The molecule has 2 atom stereocenters. The number of hydrogen-bond acceptors (Lipinski definition) is 3. The van der Waals surface area contributed by atoms with Crippen LogP contribution in [0.1, 0.15) is 37.0 Å². The minimum Gasteiger partial charge on any atom is -0.487 e. The molecule has 0 aromatic heterocycles. The zero-order valence-electron chi connectivity index (χ0n) is 18.7. The smallest absolute Gasteiger partial charge is 0.143 e. The summed E-state index contributed by atoms with van der Waals surface area (Å²) < 4.78 is 18.9. The molecule has 32 heavy (non-hydrogen) atoms. The van der Waals surface area contributed by atoms with E-state index in [2.05, 4.69) is 78.5 Å². The van der Waals surface area contributed by atoms with Crippen molar-refractivity contribution in [2.45, 2.75) is 38.1 Å². The van der Waals surface area contributed by atoms with Gasteiger partial charge in [0.15, 0.2) is 0 Å². The first-order valence-corrected chi connectivity index (χ1v) is 11.2. The molecule has 0 N–H and O–H groups in total. The molecule has 1 fully saturated rings. The SMILES string of the molecule is CC(C)=C=CO[C@@H]1CCO[C@@H]1COC(c1ccccc1)(c1ccccc1)c1ccccc1. The monoisotopic (exact) mass is 426 g/mol. The predicted molar refractivity (Wildman–Crippen MR) is 127 cm³/mol. The Bertz CT molecular complexity index is 937. The first kappa shape index (κ1) is 22.1. The lowest BCUT2D eigenvalue weighted by molar-refractivity contribution is -0.0717. The highest BCUT2D eigenvalue weighted by molar-refractivity contribution is 5.47. The molecule has 3 aromatic carbocycles. The summed E-state index contributed by atoms with van der Waals surface area (Å²) in [5, 5.41) is 0. The molecule has 0 radical (unpaired) electrons. The van der Waals surface area contributed by atoms with Crippen LogP contribution in [0.4, 0.5) is 0 Å². The van der Waals surface area contributed by atoms with Crippen LogP contribution in [0.15, 0.2) is 109 Å². The van der Waals surface area contributed by atoms with E-state index >= 15 is 0 Å². The van der Waals surface area contributed by atoms with Gasteiger partial charge in [0.25, 0.3) is 0 Å². The van der Waals surface area contributed by atoms with Gasteiger partial charge < -0.3 is 14.2 Å². The molecule has 0 unspecified atom stereocenters. The number of ether oxygens (including phenoxy) is 3. The first-order valence-electron chi connectivity index (χ1n) is 11.2. The van der Waals surface area contributed by atoms with Gasteiger partial charge in [-0.3, -0.25) is 0 Å². The van der Waals surface area contributed by atoms with E-state index in [1.54, 1.807) is 6.26 Å².